The van der Waals surface area contributed by atoms with E-state index >= 15 is 0 Å². The molecule has 1 aliphatic heterocycles. The van der Waals surface area contributed by atoms with Gasteiger partial charge in [0.15, 0.2) is 9.84 Å². The van der Waals surface area contributed by atoms with E-state index in [9.17, 15) is 13.2 Å². The highest BCUT2D eigenvalue weighted by atomic mass is 32.2. The van der Waals surface area contributed by atoms with Gasteiger partial charge in [-0.3, -0.25) is 4.79 Å². The number of hydrogen-bond donors (Lipinski definition) is 1. The fourth-order valence-electron chi connectivity index (χ4n) is 3.07. The van der Waals surface area contributed by atoms with E-state index in [1.54, 1.807) is 18.2 Å². The molecule has 1 fully saturated rings. The van der Waals surface area contributed by atoms with E-state index < -0.39 is 9.84 Å². The molecular weight excluding hydrogens is 350 g/mol. The van der Waals surface area contributed by atoms with Gasteiger partial charge in [0.05, 0.1) is 11.5 Å². The Bertz CT molecular complexity index is 892. The molecule has 3 rings (SSSR count). The monoisotopic (exact) mass is 373 g/mol. The highest BCUT2D eigenvalue weighted by molar-refractivity contribution is 7.91. The second kappa shape index (κ2) is 7.91. The van der Waals surface area contributed by atoms with Gasteiger partial charge in [-0.05, 0) is 43.0 Å². The molecule has 0 spiro atoms. The van der Waals surface area contributed by atoms with Crippen LogP contribution in [0.5, 0.6) is 5.75 Å². The average Bonchev–Trinajstić information content (AvgIpc) is 2.97. The number of carbonyl (C=O) groups is 1. The molecule has 26 heavy (non-hydrogen) atoms. The molecule has 0 aromatic heterocycles. The number of rotatable bonds is 6. The Labute approximate surface area is 154 Å². The molecule has 1 N–H and O–H groups in total. The topological polar surface area (TPSA) is 72.5 Å². The Morgan fingerprint density at radius 2 is 2.00 bits per heavy atom. The van der Waals surface area contributed by atoms with Gasteiger partial charge in [-0.25, -0.2) is 8.42 Å². The molecule has 6 heteroatoms. The third kappa shape index (κ3) is 5.08. The fourth-order valence-corrected chi connectivity index (χ4v) is 4.93. The Morgan fingerprint density at radius 3 is 2.73 bits per heavy atom. The number of nitrogens with one attached hydrogen (secondary N) is 1. The number of aryl methyl sites for hydroxylation is 1. The zero-order valence-electron chi connectivity index (χ0n) is 14.8. The van der Waals surface area contributed by atoms with Gasteiger partial charge in [-0.2, -0.15) is 0 Å². The van der Waals surface area contributed by atoms with Gasteiger partial charge >= 0.3 is 0 Å². The molecule has 1 amide bonds. The molecule has 1 atom stereocenters. The first kappa shape index (κ1) is 18.5. The lowest BCUT2D eigenvalue weighted by molar-refractivity contribution is 0.0948. The van der Waals surface area contributed by atoms with Gasteiger partial charge in [-0.15, -0.1) is 0 Å². The molecule has 1 aliphatic rings. The van der Waals surface area contributed by atoms with Gasteiger partial charge in [0.2, 0.25) is 0 Å². The maximum atomic E-state index is 12.3. The first-order valence-electron chi connectivity index (χ1n) is 8.68. The van der Waals surface area contributed by atoms with E-state index in [0.717, 1.165) is 5.56 Å². The first-order chi connectivity index (χ1) is 12.4. The summed E-state index contributed by atoms with van der Waals surface area (Å²) in [5, 5.41) is 2.83. The second-order valence-electron chi connectivity index (χ2n) is 6.78. The molecule has 0 saturated carbocycles. The molecule has 1 unspecified atom stereocenters. The van der Waals surface area contributed by atoms with Crippen molar-refractivity contribution in [1.82, 2.24) is 5.32 Å². The van der Waals surface area contributed by atoms with Crippen LogP contribution in [0.3, 0.4) is 0 Å². The first-order valence-corrected chi connectivity index (χ1v) is 10.5. The van der Waals surface area contributed by atoms with Crippen molar-refractivity contribution < 1.29 is 17.9 Å². The lowest BCUT2D eigenvalue weighted by Gasteiger charge is -2.11. The predicted molar refractivity (Wildman–Crippen MR) is 101 cm³/mol. The zero-order valence-corrected chi connectivity index (χ0v) is 15.6. The van der Waals surface area contributed by atoms with Crippen LogP contribution in [0.15, 0.2) is 48.5 Å². The van der Waals surface area contributed by atoms with E-state index in [1.807, 2.05) is 31.2 Å². The molecule has 0 bridgehead atoms. The SMILES string of the molecule is Cc1cccc(COc2cccc(C(=O)NCC3CCS(=O)(=O)C3)c2)c1. The van der Waals surface area contributed by atoms with Crippen molar-refractivity contribution in [2.75, 3.05) is 18.1 Å². The molecule has 0 aliphatic carbocycles. The Hall–Kier alpha value is -2.34. The van der Waals surface area contributed by atoms with Crippen molar-refractivity contribution >= 4 is 15.7 Å². The minimum atomic E-state index is -2.92. The summed E-state index contributed by atoms with van der Waals surface area (Å²) in [6, 6.07) is 15.1. The summed E-state index contributed by atoms with van der Waals surface area (Å²) in [5.41, 5.74) is 2.75. The number of sulfone groups is 1. The van der Waals surface area contributed by atoms with Gasteiger partial charge in [0.1, 0.15) is 12.4 Å². The van der Waals surface area contributed by atoms with Crippen molar-refractivity contribution in [1.29, 1.82) is 0 Å². The molecule has 2 aromatic carbocycles. The fraction of sp³-hybridized carbons (Fsp3) is 0.350. The number of ether oxygens (including phenoxy) is 1. The minimum absolute atomic E-state index is 0.00435. The summed E-state index contributed by atoms with van der Waals surface area (Å²) in [6.45, 7) is 2.85. The van der Waals surface area contributed by atoms with Gasteiger partial charge in [0.25, 0.3) is 5.91 Å². The number of carbonyl (C=O) groups excluding carboxylic acids is 1. The largest absolute Gasteiger partial charge is 0.489 e. The van der Waals surface area contributed by atoms with E-state index in [2.05, 4.69) is 11.4 Å². The number of hydrogen-bond acceptors (Lipinski definition) is 4. The Kier molecular flexibility index (Phi) is 5.61. The Balaban J connectivity index is 1.55. The van der Waals surface area contributed by atoms with Crippen LogP contribution in [0, 0.1) is 12.8 Å². The quantitative estimate of drug-likeness (QED) is 0.845. The van der Waals surface area contributed by atoms with Gasteiger partial charge < -0.3 is 10.1 Å². The standard InChI is InChI=1S/C20H23NO4S/c1-15-4-2-5-16(10-15)13-25-19-7-3-6-18(11-19)20(22)21-12-17-8-9-26(23,24)14-17/h2-7,10-11,17H,8-9,12-14H2,1H3,(H,21,22). The van der Waals surface area contributed by atoms with Crippen molar-refractivity contribution in [3.8, 4) is 5.75 Å². The molecule has 5 nitrogen and oxygen atoms in total. The van der Waals surface area contributed by atoms with Gasteiger partial charge in [-0.1, -0.05) is 35.9 Å². The summed E-state index contributed by atoms with van der Waals surface area (Å²) in [4.78, 5) is 12.3. The van der Waals surface area contributed by atoms with Gasteiger partial charge in [0, 0.05) is 12.1 Å². The highest BCUT2D eigenvalue weighted by Crippen LogP contribution is 2.18. The third-order valence-corrected chi connectivity index (χ3v) is 6.30. The minimum Gasteiger partial charge on any atom is -0.489 e. The summed E-state index contributed by atoms with van der Waals surface area (Å²) in [5.74, 6) is 0.797. The van der Waals surface area contributed by atoms with E-state index in [1.165, 1.54) is 5.56 Å². The lowest BCUT2D eigenvalue weighted by Crippen LogP contribution is -2.29. The number of amides is 1. The predicted octanol–water partition coefficient (Wildman–Crippen LogP) is 2.74. The highest BCUT2D eigenvalue weighted by Gasteiger charge is 2.28. The van der Waals surface area contributed by atoms with Crippen LogP contribution in [0.1, 0.15) is 27.9 Å². The Morgan fingerprint density at radius 1 is 1.19 bits per heavy atom. The maximum Gasteiger partial charge on any atom is 0.251 e. The third-order valence-electron chi connectivity index (χ3n) is 4.46. The van der Waals surface area contributed by atoms with Crippen LogP contribution >= 0.6 is 0 Å². The van der Waals surface area contributed by atoms with Crippen LogP contribution in [0.4, 0.5) is 0 Å². The van der Waals surface area contributed by atoms with Crippen LogP contribution < -0.4 is 10.1 Å². The molecule has 1 saturated heterocycles. The molecule has 0 radical (unpaired) electrons. The zero-order chi connectivity index (χ0) is 18.6. The molecule has 2 aromatic rings. The summed E-state index contributed by atoms with van der Waals surface area (Å²) in [6.07, 6.45) is 0.613. The van der Waals surface area contributed by atoms with E-state index in [0.29, 0.717) is 30.9 Å². The average molecular weight is 373 g/mol. The maximum absolute atomic E-state index is 12.3. The van der Waals surface area contributed by atoms with Crippen molar-refractivity contribution in [3.05, 3.63) is 65.2 Å². The van der Waals surface area contributed by atoms with Crippen molar-refractivity contribution in [2.24, 2.45) is 5.92 Å². The second-order valence-corrected chi connectivity index (χ2v) is 9.01. The van der Waals surface area contributed by atoms with Crippen LogP contribution in [0.25, 0.3) is 0 Å². The van der Waals surface area contributed by atoms with Crippen LogP contribution in [0.2, 0.25) is 0 Å². The van der Waals surface area contributed by atoms with Crippen LogP contribution in [-0.2, 0) is 16.4 Å². The smallest absolute Gasteiger partial charge is 0.251 e. The summed E-state index contributed by atoms with van der Waals surface area (Å²) >= 11 is 0. The summed E-state index contributed by atoms with van der Waals surface area (Å²) < 4.78 is 28.7. The molecule has 1 heterocycles. The lowest BCUT2D eigenvalue weighted by atomic mass is 10.1. The molecule has 138 valence electrons. The van der Waals surface area contributed by atoms with Crippen molar-refractivity contribution in [3.63, 3.8) is 0 Å². The summed E-state index contributed by atoms with van der Waals surface area (Å²) in [7, 11) is -2.92. The van der Waals surface area contributed by atoms with Crippen LogP contribution in [-0.4, -0.2) is 32.4 Å². The van der Waals surface area contributed by atoms with E-state index in [4.69, 9.17) is 4.74 Å². The number of benzene rings is 2. The molecular formula is C20H23NO4S. The normalized spacial score (nSPS) is 18.4. The van der Waals surface area contributed by atoms with E-state index in [-0.39, 0.29) is 23.3 Å². The van der Waals surface area contributed by atoms with Crippen molar-refractivity contribution in [2.45, 2.75) is 20.0 Å².